The van der Waals surface area contributed by atoms with E-state index in [9.17, 15) is 18.4 Å². The molecule has 7 heteroatoms. The van der Waals surface area contributed by atoms with E-state index in [1.165, 1.54) is 6.07 Å². The maximum atomic E-state index is 13.4. The van der Waals surface area contributed by atoms with Gasteiger partial charge in [0.15, 0.2) is 11.6 Å². The van der Waals surface area contributed by atoms with Gasteiger partial charge in [-0.05, 0) is 61.9 Å². The number of rotatable bonds is 6. The van der Waals surface area contributed by atoms with Gasteiger partial charge in [-0.25, -0.2) is 8.78 Å². The number of halogens is 2. The number of ether oxygens (including phenoxy) is 1. The predicted octanol–water partition coefficient (Wildman–Crippen LogP) is 3.79. The highest BCUT2D eigenvalue weighted by Gasteiger charge is 2.27. The number of carbonyl (C=O) groups excluding carboxylic acids is 2. The normalized spacial score (nSPS) is 16.9. The van der Waals surface area contributed by atoms with Crippen molar-refractivity contribution in [3.63, 3.8) is 0 Å². The fraction of sp³-hybridized carbons (Fsp3) is 0.391. The van der Waals surface area contributed by atoms with Gasteiger partial charge < -0.3 is 15.0 Å². The summed E-state index contributed by atoms with van der Waals surface area (Å²) in [5.41, 5.74) is 0.689. The number of likely N-dealkylation sites (tertiary alicyclic amines) is 1. The minimum absolute atomic E-state index is 0.111. The number of amides is 2. The van der Waals surface area contributed by atoms with Crippen LogP contribution in [0.3, 0.4) is 0 Å². The Hall–Kier alpha value is -2.96. The SMILES string of the molecule is O=C(NC1CC1)c1ccccc1OCC1CCN(C(=O)c2ccc(F)c(F)c2)CC1. The summed E-state index contributed by atoms with van der Waals surface area (Å²) >= 11 is 0. The fourth-order valence-electron chi connectivity index (χ4n) is 3.59. The molecule has 30 heavy (non-hydrogen) atoms. The van der Waals surface area contributed by atoms with Crippen LogP contribution in [0.25, 0.3) is 0 Å². The second-order valence-corrected chi connectivity index (χ2v) is 7.92. The Bertz CT molecular complexity index is 938. The van der Waals surface area contributed by atoms with Gasteiger partial charge in [0.25, 0.3) is 11.8 Å². The Morgan fingerprint density at radius 1 is 1.00 bits per heavy atom. The quantitative estimate of drug-likeness (QED) is 0.783. The third-order valence-corrected chi connectivity index (χ3v) is 5.59. The first-order valence-corrected chi connectivity index (χ1v) is 10.3. The lowest BCUT2D eigenvalue weighted by atomic mass is 9.97. The van der Waals surface area contributed by atoms with Crippen LogP contribution in [0.4, 0.5) is 8.78 Å². The average Bonchev–Trinajstić information content (AvgIpc) is 3.58. The Labute approximate surface area is 174 Å². The first-order chi connectivity index (χ1) is 14.5. The highest BCUT2D eigenvalue weighted by Crippen LogP contribution is 2.25. The number of benzene rings is 2. The zero-order chi connectivity index (χ0) is 21.1. The molecule has 2 aromatic carbocycles. The molecule has 0 aromatic heterocycles. The van der Waals surface area contributed by atoms with E-state index in [4.69, 9.17) is 4.74 Å². The minimum Gasteiger partial charge on any atom is -0.492 e. The third-order valence-electron chi connectivity index (χ3n) is 5.59. The lowest BCUT2D eigenvalue weighted by Crippen LogP contribution is -2.39. The van der Waals surface area contributed by atoms with Crippen LogP contribution in [-0.4, -0.2) is 42.5 Å². The summed E-state index contributed by atoms with van der Waals surface area (Å²) < 4.78 is 32.4. The van der Waals surface area contributed by atoms with E-state index in [-0.39, 0.29) is 29.3 Å². The van der Waals surface area contributed by atoms with Gasteiger partial charge in [-0.15, -0.1) is 0 Å². The highest BCUT2D eigenvalue weighted by atomic mass is 19.2. The molecule has 1 N–H and O–H groups in total. The maximum absolute atomic E-state index is 13.4. The zero-order valence-corrected chi connectivity index (χ0v) is 16.6. The van der Waals surface area contributed by atoms with Crippen molar-refractivity contribution < 1.29 is 23.1 Å². The Morgan fingerprint density at radius 3 is 2.43 bits per heavy atom. The van der Waals surface area contributed by atoms with Gasteiger partial charge in [0.05, 0.1) is 12.2 Å². The monoisotopic (exact) mass is 414 g/mol. The topological polar surface area (TPSA) is 58.6 Å². The molecule has 2 fully saturated rings. The van der Waals surface area contributed by atoms with Crippen LogP contribution in [0.5, 0.6) is 5.75 Å². The Kier molecular flexibility index (Phi) is 5.97. The molecular weight excluding hydrogens is 390 g/mol. The van der Waals surface area contributed by atoms with Crippen molar-refractivity contribution in [2.45, 2.75) is 31.7 Å². The second-order valence-electron chi connectivity index (χ2n) is 7.92. The number of piperidine rings is 1. The Balaban J connectivity index is 1.29. The van der Waals surface area contributed by atoms with E-state index in [0.717, 1.165) is 37.8 Å². The summed E-state index contributed by atoms with van der Waals surface area (Å²) in [6.07, 6.45) is 3.53. The molecular formula is C23H24F2N2O3. The maximum Gasteiger partial charge on any atom is 0.255 e. The molecule has 0 radical (unpaired) electrons. The fourth-order valence-corrected chi connectivity index (χ4v) is 3.59. The van der Waals surface area contributed by atoms with Gasteiger partial charge in [-0.3, -0.25) is 9.59 Å². The van der Waals surface area contributed by atoms with Crippen molar-refractivity contribution in [1.82, 2.24) is 10.2 Å². The van der Waals surface area contributed by atoms with Crippen LogP contribution in [0, 0.1) is 17.6 Å². The van der Waals surface area contributed by atoms with Crippen LogP contribution >= 0.6 is 0 Å². The summed E-state index contributed by atoms with van der Waals surface area (Å²) in [5.74, 6) is -1.58. The summed E-state index contributed by atoms with van der Waals surface area (Å²) in [7, 11) is 0. The molecule has 5 nitrogen and oxygen atoms in total. The van der Waals surface area contributed by atoms with Crippen LogP contribution in [-0.2, 0) is 0 Å². The lowest BCUT2D eigenvalue weighted by molar-refractivity contribution is 0.0658. The molecule has 0 spiro atoms. The van der Waals surface area contributed by atoms with Gasteiger partial charge >= 0.3 is 0 Å². The molecule has 0 bridgehead atoms. The smallest absolute Gasteiger partial charge is 0.255 e. The standard InChI is InChI=1S/C23H24F2N2O3/c24-19-8-5-16(13-20(19)25)23(29)27-11-9-15(10-12-27)14-30-21-4-2-1-3-18(21)22(28)26-17-6-7-17/h1-5,8,13,15,17H,6-7,9-12,14H2,(H,26,28). The third kappa shape index (κ3) is 4.78. The van der Waals surface area contributed by atoms with Crippen LogP contribution < -0.4 is 10.1 Å². The molecule has 1 aliphatic heterocycles. The molecule has 2 aromatic rings. The van der Waals surface area contributed by atoms with E-state index in [1.54, 1.807) is 17.0 Å². The number of para-hydroxylation sites is 1. The molecule has 1 aliphatic carbocycles. The van der Waals surface area contributed by atoms with Crippen LogP contribution in [0.1, 0.15) is 46.4 Å². The van der Waals surface area contributed by atoms with Gasteiger partial charge in [0.2, 0.25) is 0 Å². The highest BCUT2D eigenvalue weighted by molar-refractivity contribution is 5.97. The largest absolute Gasteiger partial charge is 0.492 e. The van der Waals surface area contributed by atoms with E-state index < -0.39 is 11.6 Å². The number of hydrogen-bond donors (Lipinski definition) is 1. The zero-order valence-electron chi connectivity index (χ0n) is 16.6. The molecule has 0 atom stereocenters. The van der Waals surface area contributed by atoms with Crippen molar-refractivity contribution in [2.75, 3.05) is 19.7 Å². The predicted molar refractivity (Wildman–Crippen MR) is 107 cm³/mol. The van der Waals surface area contributed by atoms with E-state index >= 15 is 0 Å². The lowest BCUT2D eigenvalue weighted by Gasteiger charge is -2.32. The summed E-state index contributed by atoms with van der Waals surface area (Å²) in [5, 5.41) is 2.98. The number of nitrogens with zero attached hydrogens (tertiary/aromatic N) is 1. The van der Waals surface area contributed by atoms with E-state index in [0.29, 0.717) is 31.0 Å². The Morgan fingerprint density at radius 2 is 1.73 bits per heavy atom. The molecule has 1 heterocycles. The van der Waals surface area contributed by atoms with Gasteiger partial charge in [-0.1, -0.05) is 12.1 Å². The van der Waals surface area contributed by atoms with Gasteiger partial charge in [0.1, 0.15) is 5.75 Å². The van der Waals surface area contributed by atoms with Crippen molar-refractivity contribution in [3.05, 3.63) is 65.2 Å². The molecule has 4 rings (SSSR count). The minimum atomic E-state index is -1.02. The van der Waals surface area contributed by atoms with Crippen molar-refractivity contribution >= 4 is 11.8 Å². The van der Waals surface area contributed by atoms with Crippen LogP contribution in [0.15, 0.2) is 42.5 Å². The van der Waals surface area contributed by atoms with Gasteiger partial charge in [0, 0.05) is 24.7 Å². The van der Waals surface area contributed by atoms with E-state index in [1.807, 2.05) is 12.1 Å². The first-order valence-electron chi connectivity index (χ1n) is 10.3. The molecule has 158 valence electrons. The average molecular weight is 414 g/mol. The second kappa shape index (κ2) is 8.81. The summed E-state index contributed by atoms with van der Waals surface area (Å²) in [6.45, 7) is 1.51. The van der Waals surface area contributed by atoms with Crippen molar-refractivity contribution in [2.24, 2.45) is 5.92 Å². The molecule has 1 saturated heterocycles. The molecule has 2 amide bonds. The molecule has 0 unspecified atom stereocenters. The molecule has 2 aliphatic rings. The van der Waals surface area contributed by atoms with E-state index in [2.05, 4.69) is 5.32 Å². The summed E-state index contributed by atoms with van der Waals surface area (Å²) in [6, 6.07) is 10.7. The van der Waals surface area contributed by atoms with Crippen LogP contribution in [0.2, 0.25) is 0 Å². The van der Waals surface area contributed by atoms with Crippen molar-refractivity contribution in [1.29, 1.82) is 0 Å². The molecule has 1 saturated carbocycles. The van der Waals surface area contributed by atoms with Gasteiger partial charge in [-0.2, -0.15) is 0 Å². The number of carbonyl (C=O) groups is 2. The summed E-state index contributed by atoms with van der Waals surface area (Å²) in [4.78, 5) is 26.6. The van der Waals surface area contributed by atoms with Crippen molar-refractivity contribution in [3.8, 4) is 5.75 Å². The number of nitrogens with one attached hydrogen (secondary N) is 1. The number of hydrogen-bond acceptors (Lipinski definition) is 3. The first kappa shape index (κ1) is 20.3.